The van der Waals surface area contributed by atoms with Gasteiger partial charge in [-0.2, -0.15) is 0 Å². The third-order valence-corrected chi connectivity index (χ3v) is 2.75. The average Bonchev–Trinajstić information content (AvgIpc) is 3.03. The second-order valence-corrected chi connectivity index (χ2v) is 3.61. The molecule has 4 nitrogen and oxygen atoms in total. The van der Waals surface area contributed by atoms with E-state index in [9.17, 15) is 9.59 Å². The smallest absolute Gasteiger partial charge is 0.313 e. The molecule has 0 aromatic heterocycles. The van der Waals surface area contributed by atoms with Crippen molar-refractivity contribution in [2.24, 2.45) is 11.8 Å². The van der Waals surface area contributed by atoms with E-state index >= 15 is 0 Å². The van der Waals surface area contributed by atoms with Crippen molar-refractivity contribution >= 4 is 11.9 Å². The Kier molecular flexibility index (Phi) is 2.06. The number of ether oxygens (including phenoxy) is 2. The van der Waals surface area contributed by atoms with E-state index in [1.807, 2.05) is 0 Å². The number of esters is 2. The summed E-state index contributed by atoms with van der Waals surface area (Å²) in [7, 11) is 2.77. The maximum atomic E-state index is 11.1. The van der Waals surface area contributed by atoms with Crippen LogP contribution in [0.4, 0.5) is 0 Å². The van der Waals surface area contributed by atoms with Crippen molar-refractivity contribution in [3.63, 3.8) is 0 Å². The van der Waals surface area contributed by atoms with E-state index in [0.29, 0.717) is 0 Å². The van der Waals surface area contributed by atoms with E-state index in [0.717, 1.165) is 24.0 Å². The lowest BCUT2D eigenvalue weighted by Gasteiger charge is -1.92. The molecule has 0 radical (unpaired) electrons. The third-order valence-electron chi connectivity index (χ3n) is 2.75. The predicted molar refractivity (Wildman–Crippen MR) is 47.3 cm³/mol. The summed E-state index contributed by atoms with van der Waals surface area (Å²) in [6, 6.07) is 0. The monoisotopic (exact) mass is 196 g/mol. The van der Waals surface area contributed by atoms with Crippen molar-refractivity contribution in [3.8, 4) is 0 Å². The predicted octanol–water partition coefficient (Wildman–Crippen LogP) is 0.669. The molecule has 76 valence electrons. The van der Waals surface area contributed by atoms with Gasteiger partial charge in [-0.05, 0) is 12.8 Å². The van der Waals surface area contributed by atoms with E-state index < -0.39 is 0 Å². The Morgan fingerprint density at radius 1 is 1.00 bits per heavy atom. The van der Waals surface area contributed by atoms with Crippen molar-refractivity contribution in [2.45, 2.75) is 12.8 Å². The molecular formula is C10H12O4. The molecule has 2 saturated carbocycles. The lowest BCUT2D eigenvalue weighted by Crippen LogP contribution is -2.03. The fraction of sp³-hybridized carbons (Fsp3) is 0.600. The Hall–Kier alpha value is -1.32. The first-order chi connectivity index (χ1) is 6.69. The minimum Gasteiger partial charge on any atom is -0.469 e. The highest BCUT2D eigenvalue weighted by atomic mass is 16.5. The van der Waals surface area contributed by atoms with Crippen LogP contribution < -0.4 is 0 Å². The lowest BCUT2D eigenvalue weighted by atomic mass is 10.3. The van der Waals surface area contributed by atoms with Gasteiger partial charge in [0.15, 0.2) is 0 Å². The lowest BCUT2D eigenvalue weighted by molar-refractivity contribution is -0.142. The molecule has 0 aliphatic heterocycles. The van der Waals surface area contributed by atoms with E-state index in [1.165, 1.54) is 14.2 Å². The molecular weight excluding hydrogens is 184 g/mol. The molecule has 0 amide bonds. The molecule has 0 heterocycles. The molecule has 2 unspecified atom stereocenters. The van der Waals surface area contributed by atoms with Crippen LogP contribution in [0.2, 0.25) is 0 Å². The minimum absolute atomic E-state index is 0.0790. The molecule has 0 N–H and O–H groups in total. The van der Waals surface area contributed by atoms with E-state index in [-0.39, 0.29) is 23.8 Å². The molecule has 0 spiro atoms. The second-order valence-electron chi connectivity index (χ2n) is 3.61. The molecule has 14 heavy (non-hydrogen) atoms. The zero-order valence-corrected chi connectivity index (χ0v) is 8.20. The summed E-state index contributed by atoms with van der Waals surface area (Å²) in [6.45, 7) is 0. The minimum atomic E-state index is -0.192. The zero-order valence-electron chi connectivity index (χ0n) is 8.20. The maximum absolute atomic E-state index is 11.1. The molecule has 4 heteroatoms. The number of hydrogen-bond acceptors (Lipinski definition) is 4. The van der Waals surface area contributed by atoms with Gasteiger partial charge in [-0.1, -0.05) is 11.1 Å². The SMILES string of the molecule is COC(=O)C1C/C1=C1\CC1C(=O)OC. The Morgan fingerprint density at radius 2 is 1.36 bits per heavy atom. The highest BCUT2D eigenvalue weighted by Gasteiger charge is 2.49. The van der Waals surface area contributed by atoms with Crippen LogP contribution >= 0.6 is 0 Å². The van der Waals surface area contributed by atoms with E-state index in [2.05, 4.69) is 9.47 Å². The Morgan fingerprint density at radius 3 is 1.64 bits per heavy atom. The van der Waals surface area contributed by atoms with Crippen LogP contribution in [0.5, 0.6) is 0 Å². The van der Waals surface area contributed by atoms with Gasteiger partial charge in [-0.25, -0.2) is 0 Å². The van der Waals surface area contributed by atoms with Gasteiger partial charge in [-0.15, -0.1) is 0 Å². The highest BCUT2D eigenvalue weighted by Crippen LogP contribution is 2.52. The number of carbonyl (C=O) groups is 2. The number of carbonyl (C=O) groups excluding carboxylic acids is 2. The highest BCUT2D eigenvalue weighted by molar-refractivity contribution is 5.86. The second kappa shape index (κ2) is 3.12. The molecule has 2 rings (SSSR count). The van der Waals surface area contributed by atoms with Gasteiger partial charge < -0.3 is 9.47 Å². The summed E-state index contributed by atoms with van der Waals surface area (Å²) in [5.41, 5.74) is 2.18. The van der Waals surface area contributed by atoms with Crippen molar-refractivity contribution in [3.05, 3.63) is 11.1 Å². The van der Waals surface area contributed by atoms with Crippen LogP contribution in [-0.2, 0) is 19.1 Å². The maximum Gasteiger partial charge on any atom is 0.313 e. The van der Waals surface area contributed by atoms with Gasteiger partial charge in [-0.3, -0.25) is 9.59 Å². The summed E-state index contributed by atoms with van der Waals surface area (Å²) in [6.07, 6.45) is 1.52. The fourth-order valence-corrected chi connectivity index (χ4v) is 1.77. The van der Waals surface area contributed by atoms with E-state index in [1.54, 1.807) is 0 Å². The summed E-state index contributed by atoms with van der Waals surface area (Å²) in [5.74, 6) is -0.541. The zero-order chi connectivity index (χ0) is 10.3. The van der Waals surface area contributed by atoms with Crippen molar-refractivity contribution in [1.82, 2.24) is 0 Å². The Bertz CT molecular complexity index is 297. The standard InChI is InChI=1S/C10H12O4/c1-13-9(11)7-3-5(7)6-4-8(6)10(12)14-2/h7-8H,3-4H2,1-2H3/b6-5-. The molecule has 2 fully saturated rings. The number of methoxy groups -OCH3 is 2. The first-order valence-electron chi connectivity index (χ1n) is 4.56. The van der Waals surface area contributed by atoms with Crippen molar-refractivity contribution < 1.29 is 19.1 Å². The quantitative estimate of drug-likeness (QED) is 0.481. The van der Waals surface area contributed by atoms with Gasteiger partial charge in [0, 0.05) is 0 Å². The van der Waals surface area contributed by atoms with Gasteiger partial charge in [0.05, 0.1) is 26.1 Å². The normalized spacial score (nSPS) is 33.6. The van der Waals surface area contributed by atoms with Gasteiger partial charge in [0.1, 0.15) is 0 Å². The van der Waals surface area contributed by atoms with E-state index in [4.69, 9.17) is 0 Å². The van der Waals surface area contributed by atoms with Gasteiger partial charge >= 0.3 is 11.9 Å². The topological polar surface area (TPSA) is 52.6 Å². The van der Waals surface area contributed by atoms with Crippen LogP contribution in [-0.4, -0.2) is 26.2 Å². The fourth-order valence-electron chi connectivity index (χ4n) is 1.77. The van der Waals surface area contributed by atoms with Crippen LogP contribution in [0.15, 0.2) is 11.1 Å². The third kappa shape index (κ3) is 1.41. The van der Waals surface area contributed by atoms with Crippen LogP contribution in [0.1, 0.15) is 12.8 Å². The molecule has 2 aliphatic rings. The number of rotatable bonds is 2. The first kappa shape index (κ1) is 9.24. The van der Waals surface area contributed by atoms with Crippen LogP contribution in [0, 0.1) is 11.8 Å². The molecule has 0 saturated heterocycles. The molecule has 0 aromatic carbocycles. The van der Waals surface area contributed by atoms with Crippen molar-refractivity contribution in [2.75, 3.05) is 14.2 Å². The summed E-state index contributed by atoms with van der Waals surface area (Å²) in [4.78, 5) is 22.2. The largest absolute Gasteiger partial charge is 0.469 e. The molecule has 2 aliphatic carbocycles. The molecule has 0 bridgehead atoms. The Balaban J connectivity index is 1.97. The van der Waals surface area contributed by atoms with Crippen LogP contribution in [0.25, 0.3) is 0 Å². The van der Waals surface area contributed by atoms with Gasteiger partial charge in [0.2, 0.25) is 0 Å². The average molecular weight is 196 g/mol. The summed E-state index contributed by atoms with van der Waals surface area (Å²) in [5, 5.41) is 0. The Labute approximate surface area is 81.9 Å². The molecule has 2 atom stereocenters. The van der Waals surface area contributed by atoms with Crippen LogP contribution in [0.3, 0.4) is 0 Å². The summed E-state index contributed by atoms with van der Waals surface area (Å²) >= 11 is 0. The first-order valence-corrected chi connectivity index (χ1v) is 4.56. The van der Waals surface area contributed by atoms with Crippen molar-refractivity contribution in [1.29, 1.82) is 0 Å². The van der Waals surface area contributed by atoms with Gasteiger partial charge in [0.25, 0.3) is 0 Å². The molecule has 0 aromatic rings. The summed E-state index contributed by atoms with van der Waals surface area (Å²) < 4.78 is 9.23. The number of hydrogen-bond donors (Lipinski definition) is 0.